The van der Waals surface area contributed by atoms with Crippen LogP contribution in [0.25, 0.3) is 10.8 Å². The van der Waals surface area contributed by atoms with Gasteiger partial charge >= 0.3 is 0 Å². The molecule has 0 radical (unpaired) electrons. The third-order valence-electron chi connectivity index (χ3n) is 6.34. The molecule has 1 atom stereocenters. The van der Waals surface area contributed by atoms with Crippen LogP contribution in [0.5, 0.6) is 11.6 Å². The molecule has 1 aliphatic heterocycles. The zero-order chi connectivity index (χ0) is 21.1. The van der Waals surface area contributed by atoms with Crippen molar-refractivity contribution in [3.05, 3.63) is 93.6 Å². The molecule has 1 aliphatic carbocycles. The number of carbonyl (C=O) groups excluding carboxylic acids is 1. The summed E-state index contributed by atoms with van der Waals surface area (Å²) in [4.78, 5) is 17.5. The summed E-state index contributed by atoms with van der Waals surface area (Å²) in [5.41, 5.74) is 11.0. The molecular weight excluding hydrogens is 408 g/mol. The van der Waals surface area contributed by atoms with Gasteiger partial charge in [0.2, 0.25) is 5.88 Å². The van der Waals surface area contributed by atoms with Crippen LogP contribution < -0.4 is 10.5 Å². The Morgan fingerprint density at radius 2 is 1.77 bits per heavy atom. The van der Waals surface area contributed by atoms with Gasteiger partial charge in [-0.3, -0.25) is 4.79 Å². The minimum atomic E-state index is -0.274. The number of nitrogen functional groups attached to an aromatic ring is 1. The molecule has 1 aromatic heterocycles. The highest BCUT2D eigenvalue weighted by Gasteiger charge is 2.37. The van der Waals surface area contributed by atoms with Crippen molar-refractivity contribution in [3.8, 4) is 11.6 Å². The fourth-order valence-corrected chi connectivity index (χ4v) is 5.16. The number of Topliss-reactive ketones (excluding diaryl/α,β-unsaturated/α-hetero) is 1. The first-order valence-electron chi connectivity index (χ1n) is 10.4. The fourth-order valence-electron chi connectivity index (χ4n) is 4.92. The van der Waals surface area contributed by atoms with Gasteiger partial charge in [-0.2, -0.15) is 0 Å². The molecule has 5 heteroatoms. The predicted molar refractivity (Wildman–Crippen MR) is 122 cm³/mol. The predicted octanol–water partition coefficient (Wildman–Crippen LogP) is 6.28. The summed E-state index contributed by atoms with van der Waals surface area (Å²) in [6.07, 6.45) is 2.00. The van der Waals surface area contributed by atoms with Gasteiger partial charge in [0.15, 0.2) is 5.78 Å². The van der Waals surface area contributed by atoms with Gasteiger partial charge in [0.1, 0.15) is 5.75 Å². The second kappa shape index (κ2) is 6.82. The Kier molecular flexibility index (Phi) is 4.05. The van der Waals surface area contributed by atoms with Crippen LogP contribution in [0.3, 0.4) is 0 Å². The molecular formula is C26H19ClN2O2. The average molecular weight is 427 g/mol. The topological polar surface area (TPSA) is 65.2 Å². The number of rotatable bonds is 1. The first-order valence-corrected chi connectivity index (χ1v) is 10.8. The largest absolute Gasteiger partial charge is 0.438 e. The van der Waals surface area contributed by atoms with E-state index in [9.17, 15) is 4.79 Å². The van der Waals surface area contributed by atoms with Gasteiger partial charge in [-0.1, -0.05) is 66.2 Å². The molecule has 0 fully saturated rings. The smallest absolute Gasteiger partial charge is 0.225 e. The van der Waals surface area contributed by atoms with Crippen molar-refractivity contribution in [2.45, 2.75) is 25.2 Å². The number of pyridine rings is 1. The maximum Gasteiger partial charge on any atom is 0.225 e. The van der Waals surface area contributed by atoms with Gasteiger partial charge in [0, 0.05) is 28.3 Å². The summed E-state index contributed by atoms with van der Waals surface area (Å²) < 4.78 is 6.42. The maximum atomic E-state index is 12.7. The highest BCUT2D eigenvalue weighted by atomic mass is 35.5. The molecule has 2 aliphatic rings. The lowest BCUT2D eigenvalue weighted by Crippen LogP contribution is -2.22. The summed E-state index contributed by atoms with van der Waals surface area (Å²) in [6.45, 7) is 0. The number of ketones is 1. The summed E-state index contributed by atoms with van der Waals surface area (Å²) in [6, 6.07) is 20.0. The van der Waals surface area contributed by atoms with Crippen LogP contribution in [-0.4, -0.2) is 10.8 Å². The number of hydrogen-bond acceptors (Lipinski definition) is 4. The number of anilines is 1. The second-order valence-corrected chi connectivity index (χ2v) is 8.51. The van der Waals surface area contributed by atoms with Gasteiger partial charge in [0.05, 0.1) is 22.5 Å². The first-order chi connectivity index (χ1) is 15.1. The van der Waals surface area contributed by atoms with Crippen LogP contribution in [0.15, 0.2) is 60.7 Å². The third-order valence-corrected chi connectivity index (χ3v) is 6.68. The number of carbonyl (C=O) groups is 1. The summed E-state index contributed by atoms with van der Waals surface area (Å²) in [5.74, 6) is 1.02. The normalized spacial score (nSPS) is 16.9. The number of nitrogens with zero attached hydrogens (tertiary/aromatic N) is 1. The van der Waals surface area contributed by atoms with E-state index in [-0.39, 0.29) is 11.7 Å². The number of aryl methyl sites for hydroxylation is 1. The van der Waals surface area contributed by atoms with Crippen molar-refractivity contribution < 1.29 is 9.53 Å². The molecule has 0 spiro atoms. The molecule has 2 N–H and O–H groups in total. The second-order valence-electron chi connectivity index (χ2n) is 8.10. The lowest BCUT2D eigenvalue weighted by Gasteiger charge is -2.32. The van der Waals surface area contributed by atoms with Crippen molar-refractivity contribution >= 4 is 33.8 Å². The molecule has 0 bridgehead atoms. The van der Waals surface area contributed by atoms with Crippen molar-refractivity contribution in [2.75, 3.05) is 5.73 Å². The first kappa shape index (κ1) is 18.4. The van der Waals surface area contributed by atoms with Crippen LogP contribution in [0.2, 0.25) is 5.02 Å². The molecule has 1 unspecified atom stereocenters. The van der Waals surface area contributed by atoms with E-state index in [1.807, 2.05) is 42.5 Å². The number of aromatic nitrogens is 1. The van der Waals surface area contributed by atoms with Crippen LogP contribution in [0.1, 0.15) is 51.5 Å². The van der Waals surface area contributed by atoms with Crippen LogP contribution >= 0.6 is 11.6 Å². The average Bonchev–Trinajstić information content (AvgIpc) is 2.78. The Labute approximate surface area is 184 Å². The Balaban J connectivity index is 1.71. The monoisotopic (exact) mass is 426 g/mol. The van der Waals surface area contributed by atoms with Gasteiger partial charge in [-0.15, -0.1) is 0 Å². The van der Waals surface area contributed by atoms with Crippen molar-refractivity contribution in [1.29, 1.82) is 0 Å². The number of halogens is 1. The van der Waals surface area contributed by atoms with Gasteiger partial charge < -0.3 is 10.5 Å². The Hall–Kier alpha value is -3.37. The highest BCUT2D eigenvalue weighted by Crippen LogP contribution is 2.53. The minimum absolute atomic E-state index is 0.0521. The van der Waals surface area contributed by atoms with E-state index in [1.165, 1.54) is 0 Å². The number of ether oxygens (including phenoxy) is 1. The number of hydrogen-bond donors (Lipinski definition) is 1. The minimum Gasteiger partial charge on any atom is -0.438 e. The van der Waals surface area contributed by atoms with E-state index in [2.05, 4.69) is 18.2 Å². The molecule has 4 nitrogen and oxygen atoms in total. The number of benzene rings is 3. The molecule has 2 heterocycles. The standard InChI is InChI=1S/C26H19ClN2O2/c27-18-9-4-3-8-16(18)21-17-13-12-14-6-1-2-7-15(14)25(17)31-26-23(21)24(28)22-19(29-26)10-5-11-20(22)30/h1-4,6-9,12-13,21H,5,10-11H2,(H2,28,29). The summed E-state index contributed by atoms with van der Waals surface area (Å²) in [5, 5.41) is 2.74. The molecule has 31 heavy (non-hydrogen) atoms. The van der Waals surface area contributed by atoms with E-state index in [0.29, 0.717) is 28.6 Å². The van der Waals surface area contributed by atoms with E-state index in [0.717, 1.165) is 51.7 Å². The Morgan fingerprint density at radius 1 is 0.968 bits per heavy atom. The van der Waals surface area contributed by atoms with Crippen molar-refractivity contribution in [3.63, 3.8) is 0 Å². The van der Waals surface area contributed by atoms with Crippen molar-refractivity contribution in [2.24, 2.45) is 0 Å². The third kappa shape index (κ3) is 2.68. The van der Waals surface area contributed by atoms with Gasteiger partial charge in [0.25, 0.3) is 0 Å². The van der Waals surface area contributed by atoms with Gasteiger partial charge in [-0.25, -0.2) is 4.98 Å². The SMILES string of the molecule is Nc1c2c(nc3c1C(c1ccccc1Cl)c1ccc4ccccc4c1O3)CCCC2=O. The molecule has 3 aromatic carbocycles. The summed E-state index contributed by atoms with van der Waals surface area (Å²) >= 11 is 6.66. The lowest BCUT2D eigenvalue weighted by molar-refractivity contribution is 0.0972. The van der Waals surface area contributed by atoms with Crippen LogP contribution in [0.4, 0.5) is 5.69 Å². The molecule has 6 rings (SSSR count). The fraction of sp³-hybridized carbons (Fsp3) is 0.154. The van der Waals surface area contributed by atoms with Crippen LogP contribution in [-0.2, 0) is 6.42 Å². The quantitative estimate of drug-likeness (QED) is 0.343. The maximum absolute atomic E-state index is 12.7. The molecule has 152 valence electrons. The Bertz CT molecular complexity index is 1400. The molecule has 0 amide bonds. The zero-order valence-corrected chi connectivity index (χ0v) is 17.4. The highest BCUT2D eigenvalue weighted by molar-refractivity contribution is 6.31. The lowest BCUT2D eigenvalue weighted by atomic mass is 9.79. The molecule has 0 saturated heterocycles. The van der Waals surface area contributed by atoms with E-state index < -0.39 is 0 Å². The van der Waals surface area contributed by atoms with E-state index in [4.69, 9.17) is 27.1 Å². The van der Waals surface area contributed by atoms with Crippen LogP contribution in [0, 0.1) is 0 Å². The van der Waals surface area contributed by atoms with E-state index >= 15 is 0 Å². The zero-order valence-electron chi connectivity index (χ0n) is 16.7. The summed E-state index contributed by atoms with van der Waals surface area (Å²) in [7, 11) is 0. The van der Waals surface area contributed by atoms with Gasteiger partial charge in [-0.05, 0) is 29.9 Å². The van der Waals surface area contributed by atoms with E-state index in [1.54, 1.807) is 0 Å². The van der Waals surface area contributed by atoms with Crippen molar-refractivity contribution in [1.82, 2.24) is 4.98 Å². The number of nitrogens with two attached hydrogens (primary N) is 1. The molecule has 4 aromatic rings. The number of fused-ring (bicyclic) bond motifs is 5. The molecule has 0 saturated carbocycles. The Morgan fingerprint density at radius 3 is 2.65 bits per heavy atom.